The zero-order valence-electron chi connectivity index (χ0n) is 12.3. The van der Waals surface area contributed by atoms with Crippen molar-refractivity contribution in [3.8, 4) is 0 Å². The van der Waals surface area contributed by atoms with Crippen molar-refractivity contribution >= 4 is 5.91 Å². The van der Waals surface area contributed by atoms with Gasteiger partial charge in [0.25, 0.3) is 0 Å². The van der Waals surface area contributed by atoms with Crippen molar-refractivity contribution in [2.24, 2.45) is 17.8 Å². The largest absolute Gasteiger partial charge is 0.387 e. The summed E-state index contributed by atoms with van der Waals surface area (Å²) >= 11 is 0. The number of rotatable bonds is 5. The predicted octanol–water partition coefficient (Wildman–Crippen LogP) is 0.232. The number of nitrogens with one attached hydrogen (secondary N) is 1. The zero-order valence-corrected chi connectivity index (χ0v) is 12.3. The molecule has 0 aromatic carbocycles. The minimum atomic E-state index is -0.864. The second-order valence-corrected chi connectivity index (χ2v) is 6.89. The van der Waals surface area contributed by atoms with E-state index in [0.29, 0.717) is 24.9 Å². The summed E-state index contributed by atoms with van der Waals surface area (Å²) in [4.78, 5) is 14.3. The van der Waals surface area contributed by atoms with Gasteiger partial charge in [-0.25, -0.2) is 0 Å². The second kappa shape index (κ2) is 5.62. The highest BCUT2D eigenvalue weighted by Crippen LogP contribution is 2.57. The van der Waals surface area contributed by atoms with Crippen molar-refractivity contribution in [2.75, 3.05) is 39.4 Å². The topological polar surface area (TPSA) is 61.8 Å². The van der Waals surface area contributed by atoms with Crippen LogP contribution in [0.2, 0.25) is 0 Å². The highest BCUT2D eigenvalue weighted by atomic mass is 16.5. The summed E-state index contributed by atoms with van der Waals surface area (Å²) in [7, 11) is 0. The summed E-state index contributed by atoms with van der Waals surface area (Å²) < 4.78 is 5.30. The molecule has 3 aliphatic rings. The van der Waals surface area contributed by atoms with Crippen LogP contribution >= 0.6 is 0 Å². The number of carbonyl (C=O) groups excluding carboxylic acids is 1. The number of hydrogen-bond donors (Lipinski definition) is 2. The van der Waals surface area contributed by atoms with E-state index in [9.17, 15) is 9.90 Å². The Morgan fingerprint density at radius 3 is 2.65 bits per heavy atom. The van der Waals surface area contributed by atoms with Crippen molar-refractivity contribution in [3.05, 3.63) is 0 Å². The first-order valence-corrected chi connectivity index (χ1v) is 7.87. The van der Waals surface area contributed by atoms with Gasteiger partial charge in [0.15, 0.2) is 0 Å². The third-order valence-electron chi connectivity index (χ3n) is 5.02. The number of morpholine rings is 1. The van der Waals surface area contributed by atoms with Crippen LogP contribution in [0.1, 0.15) is 26.2 Å². The Balaban J connectivity index is 1.41. The molecule has 2 N–H and O–H groups in total. The first-order valence-electron chi connectivity index (χ1n) is 7.87. The summed E-state index contributed by atoms with van der Waals surface area (Å²) in [5.74, 6) is 1.67. The minimum absolute atomic E-state index is 0.155. The SMILES string of the molecule is CC(O)(CNC(=O)C1C2CCCC21)CN1CCOCC1. The standard InChI is InChI=1S/C15H26N2O3/c1-15(19,10-17-5-7-20-8-6-17)9-16-14(18)13-11-3-2-4-12(11)13/h11-13,19H,2-10H2,1H3,(H,16,18). The maximum Gasteiger partial charge on any atom is 0.223 e. The fourth-order valence-electron chi connectivity index (χ4n) is 3.90. The van der Waals surface area contributed by atoms with Crippen molar-refractivity contribution < 1.29 is 14.6 Å². The maximum absolute atomic E-state index is 12.1. The van der Waals surface area contributed by atoms with E-state index in [1.807, 2.05) is 0 Å². The summed E-state index contributed by atoms with van der Waals surface area (Å²) in [5.41, 5.74) is -0.864. The molecule has 3 rings (SSSR count). The quantitative estimate of drug-likeness (QED) is 0.758. The number of ether oxygens (including phenoxy) is 1. The number of aliphatic hydroxyl groups is 1. The molecular formula is C15H26N2O3. The van der Waals surface area contributed by atoms with E-state index >= 15 is 0 Å². The van der Waals surface area contributed by atoms with E-state index in [0.717, 1.165) is 26.3 Å². The van der Waals surface area contributed by atoms with Crippen molar-refractivity contribution in [3.63, 3.8) is 0 Å². The van der Waals surface area contributed by atoms with Crippen molar-refractivity contribution in [1.82, 2.24) is 10.2 Å². The summed E-state index contributed by atoms with van der Waals surface area (Å²) in [6.45, 7) is 5.92. The Hall–Kier alpha value is -0.650. The lowest BCUT2D eigenvalue weighted by atomic mass is 10.1. The summed E-state index contributed by atoms with van der Waals surface area (Å²) in [5, 5.41) is 13.4. The summed E-state index contributed by atoms with van der Waals surface area (Å²) in [6, 6.07) is 0. The smallest absolute Gasteiger partial charge is 0.223 e. The van der Waals surface area contributed by atoms with E-state index in [2.05, 4.69) is 10.2 Å². The molecule has 3 unspecified atom stereocenters. The van der Waals surface area contributed by atoms with E-state index in [-0.39, 0.29) is 11.8 Å². The highest BCUT2D eigenvalue weighted by molar-refractivity contribution is 5.82. The van der Waals surface area contributed by atoms with Gasteiger partial charge in [-0.15, -0.1) is 0 Å². The van der Waals surface area contributed by atoms with Gasteiger partial charge in [-0.05, 0) is 31.6 Å². The minimum Gasteiger partial charge on any atom is -0.387 e. The van der Waals surface area contributed by atoms with Crippen LogP contribution in [-0.4, -0.2) is 60.9 Å². The van der Waals surface area contributed by atoms with Gasteiger partial charge in [-0.1, -0.05) is 6.42 Å². The normalized spacial score (nSPS) is 36.2. The van der Waals surface area contributed by atoms with Crippen LogP contribution in [0.3, 0.4) is 0 Å². The number of nitrogens with zero attached hydrogens (tertiary/aromatic N) is 1. The van der Waals surface area contributed by atoms with E-state index < -0.39 is 5.60 Å². The molecule has 0 aromatic heterocycles. The predicted molar refractivity (Wildman–Crippen MR) is 75.2 cm³/mol. The summed E-state index contributed by atoms with van der Waals surface area (Å²) in [6.07, 6.45) is 3.72. The molecule has 2 aliphatic carbocycles. The first-order chi connectivity index (χ1) is 9.57. The van der Waals surface area contributed by atoms with Gasteiger partial charge in [0.1, 0.15) is 0 Å². The second-order valence-electron chi connectivity index (χ2n) is 6.89. The molecule has 2 saturated carbocycles. The molecule has 1 heterocycles. The lowest BCUT2D eigenvalue weighted by Crippen LogP contribution is -2.51. The third kappa shape index (κ3) is 3.15. The fourth-order valence-corrected chi connectivity index (χ4v) is 3.90. The lowest BCUT2D eigenvalue weighted by molar-refractivity contribution is -0.124. The number of hydrogen-bond acceptors (Lipinski definition) is 4. The highest BCUT2D eigenvalue weighted by Gasteiger charge is 2.56. The van der Waals surface area contributed by atoms with E-state index in [4.69, 9.17) is 4.74 Å². The Labute approximate surface area is 120 Å². The molecule has 114 valence electrons. The Kier molecular flexibility index (Phi) is 4.02. The van der Waals surface area contributed by atoms with Crippen LogP contribution in [-0.2, 0) is 9.53 Å². The molecule has 1 aliphatic heterocycles. The molecule has 1 amide bonds. The Morgan fingerprint density at radius 1 is 1.35 bits per heavy atom. The zero-order chi connectivity index (χ0) is 14.2. The molecule has 1 saturated heterocycles. The van der Waals surface area contributed by atoms with Crippen molar-refractivity contribution in [2.45, 2.75) is 31.8 Å². The average molecular weight is 282 g/mol. The van der Waals surface area contributed by atoms with E-state index in [1.54, 1.807) is 6.92 Å². The molecule has 5 heteroatoms. The number of β-amino-alcohol motifs (C(OH)–C–C–N with tert-alkyl or cyclic N) is 1. The first kappa shape index (κ1) is 14.3. The van der Waals surface area contributed by atoms with Crippen molar-refractivity contribution in [1.29, 1.82) is 0 Å². The maximum atomic E-state index is 12.1. The molecule has 0 radical (unpaired) electrons. The van der Waals surface area contributed by atoms with Crippen LogP contribution in [0, 0.1) is 17.8 Å². The molecule has 0 spiro atoms. The number of amides is 1. The molecule has 5 nitrogen and oxygen atoms in total. The van der Waals surface area contributed by atoms with Gasteiger partial charge >= 0.3 is 0 Å². The van der Waals surface area contributed by atoms with Crippen LogP contribution < -0.4 is 5.32 Å². The van der Waals surface area contributed by atoms with Crippen LogP contribution in [0.25, 0.3) is 0 Å². The Morgan fingerprint density at radius 2 is 2.00 bits per heavy atom. The molecule has 3 fully saturated rings. The van der Waals surface area contributed by atoms with Gasteiger partial charge in [0.05, 0.1) is 18.8 Å². The number of carbonyl (C=O) groups is 1. The Bertz CT molecular complexity index is 356. The van der Waals surface area contributed by atoms with E-state index in [1.165, 1.54) is 19.3 Å². The van der Waals surface area contributed by atoms with Crippen LogP contribution in [0.15, 0.2) is 0 Å². The van der Waals surface area contributed by atoms with Crippen LogP contribution in [0.5, 0.6) is 0 Å². The molecular weight excluding hydrogens is 256 g/mol. The molecule has 3 atom stereocenters. The van der Waals surface area contributed by atoms with Gasteiger partial charge in [-0.3, -0.25) is 9.69 Å². The monoisotopic (exact) mass is 282 g/mol. The molecule has 20 heavy (non-hydrogen) atoms. The molecule has 0 bridgehead atoms. The van der Waals surface area contributed by atoms with Gasteiger partial charge < -0.3 is 15.2 Å². The molecule has 0 aromatic rings. The van der Waals surface area contributed by atoms with Crippen LogP contribution in [0.4, 0.5) is 0 Å². The van der Waals surface area contributed by atoms with Gasteiger partial charge in [0.2, 0.25) is 5.91 Å². The third-order valence-corrected chi connectivity index (χ3v) is 5.02. The fraction of sp³-hybridized carbons (Fsp3) is 0.933. The lowest BCUT2D eigenvalue weighted by Gasteiger charge is -2.33. The number of fused-ring (bicyclic) bond motifs is 1. The average Bonchev–Trinajstić information content (AvgIpc) is 2.90. The van der Waals surface area contributed by atoms with Gasteiger partial charge in [-0.2, -0.15) is 0 Å². The van der Waals surface area contributed by atoms with Gasteiger partial charge in [0, 0.05) is 32.1 Å².